The minimum atomic E-state index is 0.0373. The van der Waals surface area contributed by atoms with Crippen LogP contribution in [0.2, 0.25) is 5.02 Å². The first kappa shape index (κ1) is 14.8. The average molecular weight is 282 g/mol. The molecule has 3 heteroatoms. The van der Waals surface area contributed by atoms with E-state index in [0.717, 1.165) is 30.9 Å². The summed E-state index contributed by atoms with van der Waals surface area (Å²) in [7, 11) is 0. The summed E-state index contributed by atoms with van der Waals surface area (Å²) in [6, 6.07) is 8.98. The summed E-state index contributed by atoms with van der Waals surface area (Å²) < 4.78 is 5.89. The molecule has 1 aromatic carbocycles. The summed E-state index contributed by atoms with van der Waals surface area (Å²) in [5.41, 5.74) is 1.32. The van der Waals surface area contributed by atoms with Gasteiger partial charge in [0, 0.05) is 23.7 Å². The largest absolute Gasteiger partial charge is 0.375 e. The fourth-order valence-corrected chi connectivity index (χ4v) is 2.85. The molecular formula is C16H24ClNO. The number of hydrogen-bond donors (Lipinski definition) is 1. The Morgan fingerprint density at radius 2 is 2.11 bits per heavy atom. The van der Waals surface area contributed by atoms with Gasteiger partial charge in [-0.05, 0) is 50.8 Å². The van der Waals surface area contributed by atoms with Crippen LogP contribution >= 0.6 is 11.6 Å². The number of hydrogen-bond acceptors (Lipinski definition) is 2. The van der Waals surface area contributed by atoms with Gasteiger partial charge in [0.05, 0.1) is 5.60 Å². The van der Waals surface area contributed by atoms with Crippen LogP contribution in [0.25, 0.3) is 0 Å². The molecule has 1 fully saturated rings. The van der Waals surface area contributed by atoms with Crippen LogP contribution in [0.3, 0.4) is 0 Å². The molecule has 0 aromatic heterocycles. The summed E-state index contributed by atoms with van der Waals surface area (Å²) >= 11 is 5.93. The summed E-state index contributed by atoms with van der Waals surface area (Å²) in [4.78, 5) is 0. The van der Waals surface area contributed by atoms with E-state index < -0.39 is 0 Å². The van der Waals surface area contributed by atoms with Crippen molar-refractivity contribution in [2.24, 2.45) is 0 Å². The van der Waals surface area contributed by atoms with Crippen LogP contribution < -0.4 is 5.32 Å². The predicted octanol–water partition coefficient (Wildman–Crippen LogP) is 4.34. The maximum Gasteiger partial charge on any atom is 0.0666 e. The second kappa shape index (κ2) is 6.25. The van der Waals surface area contributed by atoms with Gasteiger partial charge in [-0.25, -0.2) is 0 Å². The van der Waals surface area contributed by atoms with E-state index in [1.54, 1.807) is 0 Å². The van der Waals surface area contributed by atoms with Gasteiger partial charge in [-0.15, -0.1) is 0 Å². The zero-order valence-electron chi connectivity index (χ0n) is 12.1. The van der Waals surface area contributed by atoms with Crippen molar-refractivity contribution in [1.29, 1.82) is 0 Å². The smallest absolute Gasteiger partial charge is 0.0666 e. The number of benzene rings is 1. The third-order valence-electron chi connectivity index (χ3n) is 4.20. The number of rotatable bonds is 4. The summed E-state index contributed by atoms with van der Waals surface area (Å²) in [5.74, 6) is 0. The molecule has 2 nitrogen and oxygen atoms in total. The van der Waals surface area contributed by atoms with Crippen LogP contribution in [0, 0.1) is 0 Å². The third-order valence-corrected chi connectivity index (χ3v) is 4.45. The van der Waals surface area contributed by atoms with Gasteiger partial charge >= 0.3 is 0 Å². The quantitative estimate of drug-likeness (QED) is 0.886. The second-order valence-electron chi connectivity index (χ2n) is 5.78. The Kier molecular flexibility index (Phi) is 4.88. The van der Waals surface area contributed by atoms with E-state index in [2.05, 4.69) is 38.2 Å². The van der Waals surface area contributed by atoms with Gasteiger partial charge in [0.25, 0.3) is 0 Å². The average Bonchev–Trinajstić information content (AvgIpc) is 2.39. The molecule has 1 heterocycles. The molecular weight excluding hydrogens is 258 g/mol. The highest BCUT2D eigenvalue weighted by Crippen LogP contribution is 2.29. The molecule has 1 N–H and O–H groups in total. The molecule has 3 atom stereocenters. The molecule has 0 saturated carbocycles. The highest BCUT2D eigenvalue weighted by Gasteiger charge is 2.32. The van der Waals surface area contributed by atoms with E-state index in [-0.39, 0.29) is 5.60 Å². The SMILES string of the molecule is CCC1(C)CC(N[C@@H](C)c2ccc(Cl)cc2)CCO1. The lowest BCUT2D eigenvalue weighted by atomic mass is 9.89. The molecule has 106 valence electrons. The van der Waals surface area contributed by atoms with Crippen molar-refractivity contribution < 1.29 is 4.74 Å². The standard InChI is InChI=1S/C16H24ClNO/c1-4-16(3)11-15(9-10-19-16)18-12(2)13-5-7-14(17)8-6-13/h5-8,12,15,18H,4,9-11H2,1-3H3/t12-,15?,16?/m0/s1. The molecule has 0 aliphatic carbocycles. The summed E-state index contributed by atoms with van der Waals surface area (Å²) in [5, 5.41) is 4.51. The molecule has 0 amide bonds. The minimum absolute atomic E-state index is 0.0373. The highest BCUT2D eigenvalue weighted by molar-refractivity contribution is 6.30. The maximum atomic E-state index is 5.93. The third kappa shape index (κ3) is 3.95. The van der Waals surface area contributed by atoms with Gasteiger partial charge in [-0.1, -0.05) is 30.7 Å². The fourth-order valence-electron chi connectivity index (χ4n) is 2.72. The van der Waals surface area contributed by atoms with Gasteiger partial charge in [0.2, 0.25) is 0 Å². The van der Waals surface area contributed by atoms with Crippen LogP contribution in [0.4, 0.5) is 0 Å². The number of halogens is 1. The van der Waals surface area contributed by atoms with Crippen LogP contribution in [-0.4, -0.2) is 18.2 Å². The van der Waals surface area contributed by atoms with E-state index in [4.69, 9.17) is 16.3 Å². The van der Waals surface area contributed by atoms with Gasteiger partial charge < -0.3 is 10.1 Å². The van der Waals surface area contributed by atoms with Gasteiger partial charge in [0.15, 0.2) is 0 Å². The van der Waals surface area contributed by atoms with Crippen LogP contribution in [-0.2, 0) is 4.74 Å². The number of nitrogens with one attached hydrogen (secondary N) is 1. The lowest BCUT2D eigenvalue weighted by molar-refractivity contribution is -0.0789. The fraction of sp³-hybridized carbons (Fsp3) is 0.625. The van der Waals surface area contributed by atoms with E-state index >= 15 is 0 Å². The van der Waals surface area contributed by atoms with Crippen molar-refractivity contribution in [3.05, 3.63) is 34.9 Å². The zero-order chi connectivity index (χ0) is 13.9. The lowest BCUT2D eigenvalue weighted by Gasteiger charge is -2.39. The molecule has 0 radical (unpaired) electrons. The summed E-state index contributed by atoms with van der Waals surface area (Å²) in [6.07, 6.45) is 3.25. The Balaban J connectivity index is 1.95. The monoisotopic (exact) mass is 281 g/mol. The topological polar surface area (TPSA) is 21.3 Å². The molecule has 19 heavy (non-hydrogen) atoms. The first-order chi connectivity index (χ1) is 9.02. The first-order valence-electron chi connectivity index (χ1n) is 7.18. The van der Waals surface area contributed by atoms with E-state index in [9.17, 15) is 0 Å². The Bertz CT molecular complexity index is 406. The molecule has 1 aromatic rings. The zero-order valence-corrected chi connectivity index (χ0v) is 12.8. The molecule has 0 bridgehead atoms. The van der Waals surface area contributed by atoms with Crippen LogP contribution in [0.1, 0.15) is 51.6 Å². The Hall–Kier alpha value is -0.570. The van der Waals surface area contributed by atoms with Crippen LogP contribution in [0.5, 0.6) is 0 Å². The van der Waals surface area contributed by atoms with E-state index in [1.165, 1.54) is 5.56 Å². The molecule has 2 unspecified atom stereocenters. The molecule has 1 saturated heterocycles. The second-order valence-corrected chi connectivity index (χ2v) is 6.22. The van der Waals surface area contributed by atoms with E-state index in [0.29, 0.717) is 12.1 Å². The van der Waals surface area contributed by atoms with Gasteiger partial charge in [-0.2, -0.15) is 0 Å². The van der Waals surface area contributed by atoms with Gasteiger partial charge in [-0.3, -0.25) is 0 Å². The Morgan fingerprint density at radius 3 is 2.74 bits per heavy atom. The lowest BCUT2D eigenvalue weighted by Crippen LogP contribution is -2.45. The molecule has 1 aliphatic heterocycles. The Morgan fingerprint density at radius 1 is 1.42 bits per heavy atom. The van der Waals surface area contributed by atoms with Gasteiger partial charge in [0.1, 0.15) is 0 Å². The maximum absolute atomic E-state index is 5.93. The summed E-state index contributed by atoms with van der Waals surface area (Å²) in [6.45, 7) is 7.48. The first-order valence-corrected chi connectivity index (χ1v) is 7.56. The molecule has 1 aliphatic rings. The van der Waals surface area contributed by atoms with Crippen molar-refractivity contribution in [2.75, 3.05) is 6.61 Å². The molecule has 2 rings (SSSR count). The van der Waals surface area contributed by atoms with E-state index in [1.807, 2.05) is 12.1 Å². The highest BCUT2D eigenvalue weighted by atomic mass is 35.5. The minimum Gasteiger partial charge on any atom is -0.375 e. The van der Waals surface area contributed by atoms with Crippen molar-refractivity contribution in [2.45, 2.75) is 57.7 Å². The van der Waals surface area contributed by atoms with Crippen molar-refractivity contribution in [1.82, 2.24) is 5.32 Å². The number of ether oxygens (including phenoxy) is 1. The normalized spacial score (nSPS) is 29.2. The molecule has 0 spiro atoms. The van der Waals surface area contributed by atoms with Crippen molar-refractivity contribution in [3.8, 4) is 0 Å². The van der Waals surface area contributed by atoms with Crippen molar-refractivity contribution in [3.63, 3.8) is 0 Å². The predicted molar refractivity (Wildman–Crippen MR) is 80.7 cm³/mol. The van der Waals surface area contributed by atoms with Crippen molar-refractivity contribution >= 4 is 11.6 Å². The van der Waals surface area contributed by atoms with Crippen LogP contribution in [0.15, 0.2) is 24.3 Å². The Labute approximate surface area is 121 Å².